The lowest BCUT2D eigenvalue weighted by Gasteiger charge is -2.06. The third-order valence-corrected chi connectivity index (χ3v) is 2.80. The number of halogens is 1. The number of oxime groups is 1. The second-order valence-corrected chi connectivity index (χ2v) is 4.44. The van der Waals surface area contributed by atoms with E-state index in [1.54, 1.807) is 12.1 Å². The highest BCUT2D eigenvalue weighted by atomic mass is 79.9. The molecule has 0 bridgehead atoms. The minimum absolute atomic E-state index is 0.000826. The van der Waals surface area contributed by atoms with Crippen LogP contribution in [-0.2, 0) is 16.0 Å². The molecule has 0 heterocycles. The van der Waals surface area contributed by atoms with Gasteiger partial charge in [0.25, 0.3) is 5.91 Å². The predicted octanol–water partition coefficient (Wildman–Crippen LogP) is 0.728. The maximum atomic E-state index is 11.5. The SMILES string of the molecule is O=C(O)CNC(=O)/C(Cc1ccc(O)c(Br)c1)=N/O. The van der Waals surface area contributed by atoms with E-state index in [4.69, 9.17) is 10.3 Å². The molecule has 0 fully saturated rings. The molecule has 0 atom stereocenters. The molecule has 1 aromatic rings. The number of carboxylic acids is 1. The Morgan fingerprint density at radius 1 is 1.37 bits per heavy atom. The first-order chi connectivity index (χ1) is 8.93. The number of aliphatic carboxylic acids is 1. The molecule has 0 saturated heterocycles. The van der Waals surface area contributed by atoms with Gasteiger partial charge in [-0.25, -0.2) is 0 Å². The average molecular weight is 331 g/mol. The monoisotopic (exact) mass is 330 g/mol. The molecule has 0 radical (unpaired) electrons. The lowest BCUT2D eigenvalue weighted by atomic mass is 10.1. The molecule has 102 valence electrons. The van der Waals surface area contributed by atoms with Gasteiger partial charge in [-0.3, -0.25) is 9.59 Å². The molecule has 0 aliphatic heterocycles. The second-order valence-electron chi connectivity index (χ2n) is 3.59. The quantitative estimate of drug-likeness (QED) is 0.360. The third-order valence-electron chi connectivity index (χ3n) is 2.17. The summed E-state index contributed by atoms with van der Waals surface area (Å²) in [5, 5.41) is 31.4. The van der Waals surface area contributed by atoms with Crippen LogP contribution in [0.3, 0.4) is 0 Å². The van der Waals surface area contributed by atoms with Crippen molar-refractivity contribution in [3.63, 3.8) is 0 Å². The lowest BCUT2D eigenvalue weighted by Crippen LogP contribution is -2.35. The van der Waals surface area contributed by atoms with Crippen LogP contribution in [0.5, 0.6) is 5.75 Å². The van der Waals surface area contributed by atoms with Gasteiger partial charge in [-0.15, -0.1) is 0 Å². The lowest BCUT2D eigenvalue weighted by molar-refractivity contribution is -0.137. The van der Waals surface area contributed by atoms with E-state index in [0.717, 1.165) is 0 Å². The molecule has 4 N–H and O–H groups in total. The van der Waals surface area contributed by atoms with Crippen LogP contribution in [0.25, 0.3) is 0 Å². The van der Waals surface area contributed by atoms with E-state index in [1.807, 2.05) is 0 Å². The summed E-state index contributed by atoms with van der Waals surface area (Å²) in [6, 6.07) is 4.53. The fraction of sp³-hybridized carbons (Fsp3) is 0.182. The van der Waals surface area contributed by atoms with Crippen LogP contribution >= 0.6 is 15.9 Å². The Balaban J connectivity index is 2.74. The molecule has 7 nitrogen and oxygen atoms in total. The van der Waals surface area contributed by atoms with E-state index in [2.05, 4.69) is 26.4 Å². The van der Waals surface area contributed by atoms with Crippen molar-refractivity contribution in [1.29, 1.82) is 0 Å². The van der Waals surface area contributed by atoms with E-state index in [-0.39, 0.29) is 17.9 Å². The Hall–Kier alpha value is -2.09. The highest BCUT2D eigenvalue weighted by Gasteiger charge is 2.14. The molecule has 0 saturated carbocycles. The average Bonchev–Trinajstić information content (AvgIpc) is 2.37. The van der Waals surface area contributed by atoms with Crippen LogP contribution in [0.1, 0.15) is 5.56 Å². The Bertz CT molecular complexity index is 530. The number of nitrogens with zero attached hydrogens (tertiary/aromatic N) is 1. The zero-order valence-electron chi connectivity index (χ0n) is 9.63. The molecule has 0 spiro atoms. The number of phenolic OH excluding ortho intramolecular Hbond substituents is 1. The Morgan fingerprint density at radius 2 is 2.05 bits per heavy atom. The van der Waals surface area contributed by atoms with Crippen molar-refractivity contribution in [2.75, 3.05) is 6.54 Å². The summed E-state index contributed by atoms with van der Waals surface area (Å²) < 4.78 is 0.438. The number of carbonyl (C=O) groups excluding carboxylic acids is 1. The molecule has 1 amide bonds. The van der Waals surface area contributed by atoms with Crippen LogP contribution in [0.15, 0.2) is 27.8 Å². The standard InChI is InChI=1S/C11H11BrN2O5/c12-7-3-6(1-2-9(7)15)4-8(14-19)11(18)13-5-10(16)17/h1-3,15,19H,4-5H2,(H,13,18)(H,16,17)/b14-8+. The number of carboxylic acid groups (broad SMARTS) is 1. The predicted molar refractivity (Wildman–Crippen MR) is 69.4 cm³/mol. The molecular weight excluding hydrogens is 320 g/mol. The molecule has 0 aromatic heterocycles. The second kappa shape index (κ2) is 6.74. The number of aromatic hydroxyl groups is 1. The molecule has 8 heteroatoms. The van der Waals surface area contributed by atoms with Crippen LogP contribution in [0.4, 0.5) is 0 Å². The van der Waals surface area contributed by atoms with Gasteiger partial charge in [0.05, 0.1) is 4.47 Å². The Kier molecular flexibility index (Phi) is 5.31. The molecule has 1 aromatic carbocycles. The number of nitrogens with one attached hydrogen (secondary N) is 1. The van der Waals surface area contributed by atoms with Crippen LogP contribution < -0.4 is 5.32 Å². The normalized spacial score (nSPS) is 11.1. The van der Waals surface area contributed by atoms with Crippen molar-refractivity contribution in [3.05, 3.63) is 28.2 Å². The minimum Gasteiger partial charge on any atom is -0.507 e. The van der Waals surface area contributed by atoms with Crippen molar-refractivity contribution in [1.82, 2.24) is 5.32 Å². The number of carbonyl (C=O) groups is 2. The first-order valence-corrected chi connectivity index (χ1v) is 5.91. The van der Waals surface area contributed by atoms with Crippen molar-refractivity contribution >= 4 is 33.5 Å². The van der Waals surface area contributed by atoms with Crippen LogP contribution in [0.2, 0.25) is 0 Å². The van der Waals surface area contributed by atoms with E-state index < -0.39 is 18.4 Å². The fourth-order valence-electron chi connectivity index (χ4n) is 1.27. The molecular formula is C11H11BrN2O5. The zero-order valence-corrected chi connectivity index (χ0v) is 11.2. The number of phenols is 1. The van der Waals surface area contributed by atoms with Gasteiger partial charge in [-0.05, 0) is 33.6 Å². The smallest absolute Gasteiger partial charge is 0.322 e. The highest BCUT2D eigenvalue weighted by Crippen LogP contribution is 2.24. The summed E-state index contributed by atoms with van der Waals surface area (Å²) in [5.41, 5.74) is 0.391. The summed E-state index contributed by atoms with van der Waals surface area (Å²) in [6.07, 6.45) is 0.000826. The molecule has 19 heavy (non-hydrogen) atoms. The number of hydrogen-bond donors (Lipinski definition) is 4. The number of amides is 1. The minimum atomic E-state index is -1.20. The van der Waals surface area contributed by atoms with Gasteiger partial charge in [0, 0.05) is 6.42 Å². The maximum Gasteiger partial charge on any atom is 0.322 e. The van der Waals surface area contributed by atoms with Gasteiger partial charge in [-0.2, -0.15) is 0 Å². The van der Waals surface area contributed by atoms with Gasteiger partial charge >= 0.3 is 5.97 Å². The summed E-state index contributed by atoms with van der Waals surface area (Å²) in [7, 11) is 0. The van der Waals surface area contributed by atoms with Crippen molar-refractivity contribution < 1.29 is 25.0 Å². The number of benzene rings is 1. The topological polar surface area (TPSA) is 119 Å². The van der Waals surface area contributed by atoms with Crippen molar-refractivity contribution in [2.24, 2.45) is 5.16 Å². The largest absolute Gasteiger partial charge is 0.507 e. The molecule has 0 unspecified atom stereocenters. The summed E-state index contributed by atoms with van der Waals surface area (Å²) in [6.45, 7) is -0.558. The van der Waals surface area contributed by atoms with Gasteiger partial charge in [-0.1, -0.05) is 11.2 Å². The van der Waals surface area contributed by atoms with Gasteiger partial charge < -0.3 is 20.7 Å². The summed E-state index contributed by atoms with van der Waals surface area (Å²) in [4.78, 5) is 21.8. The first kappa shape index (κ1) is 15.0. The van der Waals surface area contributed by atoms with Crippen molar-refractivity contribution in [3.8, 4) is 5.75 Å². The molecule has 1 rings (SSSR count). The summed E-state index contributed by atoms with van der Waals surface area (Å²) >= 11 is 3.11. The van der Waals surface area contributed by atoms with Crippen molar-refractivity contribution in [2.45, 2.75) is 6.42 Å². The first-order valence-electron chi connectivity index (χ1n) is 5.12. The highest BCUT2D eigenvalue weighted by molar-refractivity contribution is 9.10. The van der Waals surface area contributed by atoms with E-state index in [0.29, 0.717) is 10.0 Å². The van der Waals surface area contributed by atoms with E-state index in [9.17, 15) is 14.7 Å². The van der Waals surface area contributed by atoms with Gasteiger partial charge in [0.2, 0.25) is 0 Å². The van der Waals surface area contributed by atoms with Gasteiger partial charge in [0.1, 0.15) is 18.0 Å². The molecule has 0 aliphatic rings. The maximum absolute atomic E-state index is 11.5. The Labute approximate surface area is 116 Å². The number of hydrogen-bond acceptors (Lipinski definition) is 5. The third kappa shape index (κ3) is 4.59. The van der Waals surface area contributed by atoms with Gasteiger partial charge in [0.15, 0.2) is 0 Å². The zero-order chi connectivity index (χ0) is 14.4. The Morgan fingerprint density at radius 3 is 2.58 bits per heavy atom. The molecule has 0 aliphatic carbocycles. The number of rotatable bonds is 5. The van der Waals surface area contributed by atoms with Crippen LogP contribution in [-0.4, -0.2) is 39.6 Å². The van der Waals surface area contributed by atoms with Crippen LogP contribution in [0, 0.1) is 0 Å². The summed E-state index contributed by atoms with van der Waals surface area (Å²) in [5.74, 6) is -1.92. The van der Waals surface area contributed by atoms with E-state index >= 15 is 0 Å². The fourth-order valence-corrected chi connectivity index (χ4v) is 1.70. The van der Waals surface area contributed by atoms with E-state index in [1.165, 1.54) is 6.07 Å².